The largest absolute Gasteiger partial charge is 0.385 e. The van der Waals surface area contributed by atoms with Crippen LogP contribution in [0.4, 0.5) is 0 Å². The van der Waals surface area contributed by atoms with Gasteiger partial charge in [0.2, 0.25) is 0 Å². The van der Waals surface area contributed by atoms with Crippen molar-refractivity contribution in [2.45, 2.75) is 6.92 Å². The second kappa shape index (κ2) is 6.76. The summed E-state index contributed by atoms with van der Waals surface area (Å²) in [5.74, 6) is 0.981. The van der Waals surface area contributed by atoms with Crippen LogP contribution in [-0.4, -0.2) is 10.1 Å². The average Bonchev–Trinajstić information content (AvgIpc) is 1.35. The van der Waals surface area contributed by atoms with E-state index in [1.54, 1.807) is 0 Å². The molecule has 4 heteroatoms. The Morgan fingerprint density at radius 3 is 2.29 bits per heavy atom. The molecule has 0 atom stereocenters. The van der Waals surface area contributed by atoms with Gasteiger partial charge in [0.05, 0.1) is 0 Å². The molecule has 0 heterocycles. The fraction of sp³-hybridized carbons (Fsp3) is 0.667. The van der Waals surface area contributed by atoms with Gasteiger partial charge in [0.15, 0.2) is 0 Å². The molecule has 0 aromatic carbocycles. The molecule has 0 aromatic heterocycles. The number of rotatable bonds is 1. The summed E-state index contributed by atoms with van der Waals surface area (Å²) in [6.07, 6.45) is 0. The van der Waals surface area contributed by atoms with Gasteiger partial charge >= 0.3 is 0 Å². The van der Waals surface area contributed by atoms with E-state index in [9.17, 15) is 0 Å². The zero-order valence-electron chi connectivity index (χ0n) is 3.90. The first-order valence-electron chi connectivity index (χ1n) is 1.69. The molecule has 2 N–H and O–H groups in total. The smallest absolute Gasteiger partial charge is 0.131 e. The van der Waals surface area contributed by atoms with E-state index in [0.717, 1.165) is 5.75 Å². The fourth-order valence-electron chi connectivity index (χ4n) is 0.142. The number of thioether (sulfide) groups is 1. The Kier molecular flexibility index (Phi) is 10.3. The third kappa shape index (κ3) is 10.8. The van der Waals surface area contributed by atoms with Crippen LogP contribution in [0.2, 0.25) is 0 Å². The Bertz CT molecular complexity index is 56.9. The van der Waals surface area contributed by atoms with Crippen LogP contribution >= 0.6 is 24.0 Å². The van der Waals surface area contributed by atoms with Gasteiger partial charge in [-0.1, -0.05) is 30.9 Å². The molecule has 0 saturated heterocycles. The number of hydrogen-bond acceptors (Lipinski definition) is 2. The van der Waals surface area contributed by atoms with E-state index in [0.29, 0.717) is 4.32 Å². The van der Waals surface area contributed by atoms with Crippen molar-refractivity contribution in [1.29, 1.82) is 0 Å². The number of hydrogen-bond donors (Lipinski definition) is 1. The van der Waals surface area contributed by atoms with Crippen LogP contribution < -0.4 is 5.73 Å². The molecule has 0 bridgehead atoms. The summed E-state index contributed by atoms with van der Waals surface area (Å²) < 4.78 is 0.539. The molecule has 0 fully saturated rings. The molecular formula is C3H7CuNS2. The SMILES string of the molecule is CCSC(N)=S.[Cu]. The van der Waals surface area contributed by atoms with Gasteiger partial charge in [0.25, 0.3) is 0 Å². The number of nitrogens with two attached hydrogens (primary N) is 1. The predicted octanol–water partition coefficient (Wildman–Crippen LogP) is 0.981. The third-order valence-electron chi connectivity index (χ3n) is 0.287. The number of thiocarbonyl (C=S) groups is 1. The van der Waals surface area contributed by atoms with Crippen LogP contribution in [0, 0.1) is 0 Å². The third-order valence-corrected chi connectivity index (χ3v) is 1.21. The molecular weight excluding hydrogens is 178 g/mol. The fourth-order valence-corrected chi connectivity index (χ4v) is 0.780. The topological polar surface area (TPSA) is 26.0 Å². The van der Waals surface area contributed by atoms with Crippen molar-refractivity contribution < 1.29 is 17.1 Å². The van der Waals surface area contributed by atoms with E-state index >= 15 is 0 Å². The molecule has 0 saturated carbocycles. The molecule has 0 rings (SSSR count). The Hall–Kier alpha value is 0.759. The normalized spacial score (nSPS) is 7.00. The summed E-state index contributed by atoms with van der Waals surface area (Å²) in [5, 5.41) is 0. The molecule has 0 aromatic rings. The summed E-state index contributed by atoms with van der Waals surface area (Å²) in [4.78, 5) is 0. The second-order valence-corrected chi connectivity index (χ2v) is 2.76. The molecule has 0 amide bonds. The van der Waals surface area contributed by atoms with Crippen molar-refractivity contribution >= 4 is 28.3 Å². The Morgan fingerprint density at radius 1 is 1.86 bits per heavy atom. The van der Waals surface area contributed by atoms with E-state index in [4.69, 9.17) is 5.73 Å². The minimum absolute atomic E-state index is 0. The van der Waals surface area contributed by atoms with Crippen LogP contribution in [0.25, 0.3) is 0 Å². The monoisotopic (exact) mass is 184 g/mol. The van der Waals surface area contributed by atoms with Gasteiger partial charge in [-0.2, -0.15) is 0 Å². The minimum Gasteiger partial charge on any atom is -0.385 e. The molecule has 7 heavy (non-hydrogen) atoms. The van der Waals surface area contributed by atoms with Crippen LogP contribution in [0.15, 0.2) is 0 Å². The Balaban J connectivity index is 0. The minimum atomic E-state index is 0. The van der Waals surface area contributed by atoms with Crippen molar-refractivity contribution in [2.75, 3.05) is 5.75 Å². The van der Waals surface area contributed by atoms with E-state index in [1.165, 1.54) is 11.8 Å². The van der Waals surface area contributed by atoms with Crippen LogP contribution in [0.3, 0.4) is 0 Å². The van der Waals surface area contributed by atoms with Gasteiger partial charge in [-0.05, 0) is 5.75 Å². The first kappa shape index (κ1) is 10.7. The molecule has 0 aliphatic carbocycles. The molecule has 1 radical (unpaired) electrons. The van der Waals surface area contributed by atoms with E-state index < -0.39 is 0 Å². The van der Waals surface area contributed by atoms with E-state index in [1.807, 2.05) is 6.92 Å². The van der Waals surface area contributed by atoms with Crippen molar-refractivity contribution in [2.24, 2.45) is 5.73 Å². The van der Waals surface area contributed by atoms with E-state index in [2.05, 4.69) is 12.2 Å². The maximum atomic E-state index is 5.10. The van der Waals surface area contributed by atoms with Gasteiger partial charge < -0.3 is 5.73 Å². The summed E-state index contributed by atoms with van der Waals surface area (Å²) in [6, 6.07) is 0. The van der Waals surface area contributed by atoms with Crippen LogP contribution in [0.5, 0.6) is 0 Å². The first-order chi connectivity index (χ1) is 2.77. The maximum absolute atomic E-state index is 5.10. The van der Waals surface area contributed by atoms with E-state index in [-0.39, 0.29) is 17.1 Å². The summed E-state index contributed by atoms with van der Waals surface area (Å²) >= 11 is 6.03. The molecule has 0 aliphatic rings. The van der Waals surface area contributed by atoms with Crippen molar-refractivity contribution in [3.05, 3.63) is 0 Å². The Labute approximate surface area is 63.9 Å². The summed E-state index contributed by atoms with van der Waals surface area (Å²) in [5.41, 5.74) is 5.10. The van der Waals surface area contributed by atoms with Gasteiger partial charge in [0.1, 0.15) is 4.32 Å². The van der Waals surface area contributed by atoms with Crippen molar-refractivity contribution in [3.8, 4) is 0 Å². The molecule has 0 unspecified atom stereocenters. The summed E-state index contributed by atoms with van der Waals surface area (Å²) in [6.45, 7) is 2.02. The van der Waals surface area contributed by atoms with Gasteiger partial charge in [0, 0.05) is 17.1 Å². The average molecular weight is 185 g/mol. The quantitative estimate of drug-likeness (QED) is 0.486. The summed E-state index contributed by atoms with van der Waals surface area (Å²) in [7, 11) is 0. The zero-order chi connectivity index (χ0) is 4.99. The van der Waals surface area contributed by atoms with Crippen LogP contribution in [-0.2, 0) is 17.1 Å². The second-order valence-electron chi connectivity index (χ2n) is 0.752. The maximum Gasteiger partial charge on any atom is 0.131 e. The predicted molar refractivity (Wildman–Crippen MR) is 34.9 cm³/mol. The zero-order valence-corrected chi connectivity index (χ0v) is 6.48. The molecule has 0 spiro atoms. The standard InChI is InChI=1S/C3H7NS2.Cu/c1-2-6-3(4)5;/h2H2,1H3,(H2,4,5);. The first-order valence-corrected chi connectivity index (χ1v) is 3.09. The van der Waals surface area contributed by atoms with Crippen molar-refractivity contribution in [1.82, 2.24) is 0 Å². The van der Waals surface area contributed by atoms with Gasteiger partial charge in [-0.15, -0.1) is 0 Å². The van der Waals surface area contributed by atoms with Gasteiger partial charge in [-0.25, -0.2) is 0 Å². The Morgan fingerprint density at radius 2 is 2.29 bits per heavy atom. The van der Waals surface area contributed by atoms with Crippen molar-refractivity contribution in [3.63, 3.8) is 0 Å². The molecule has 0 aliphatic heterocycles. The molecule has 47 valence electrons. The van der Waals surface area contributed by atoms with Crippen LogP contribution in [0.1, 0.15) is 6.92 Å². The molecule has 1 nitrogen and oxygen atoms in total. The van der Waals surface area contributed by atoms with Gasteiger partial charge in [-0.3, -0.25) is 0 Å².